The molecule has 31 heavy (non-hydrogen) atoms. The van der Waals surface area contributed by atoms with E-state index in [2.05, 4.69) is 36.5 Å². The number of rotatable bonds is 7. The highest BCUT2D eigenvalue weighted by Gasteiger charge is 2.46. The van der Waals surface area contributed by atoms with Gasteiger partial charge in [-0.05, 0) is 41.9 Å². The highest BCUT2D eigenvalue weighted by Crippen LogP contribution is 2.43. The summed E-state index contributed by atoms with van der Waals surface area (Å²) < 4.78 is 0.350. The molecule has 8 nitrogen and oxygen atoms in total. The Balaban J connectivity index is 1.70. The normalized spacial score (nSPS) is 15.8. The van der Waals surface area contributed by atoms with Crippen molar-refractivity contribution in [3.63, 3.8) is 0 Å². The number of carbonyl (C=O) groups excluding carboxylic acids is 2. The molecule has 3 rings (SSSR count). The molecule has 0 saturated heterocycles. The van der Waals surface area contributed by atoms with Crippen LogP contribution in [0.4, 0.5) is 5.69 Å². The van der Waals surface area contributed by atoms with E-state index in [1.807, 2.05) is 0 Å². The van der Waals surface area contributed by atoms with Crippen LogP contribution < -0.4 is 10.6 Å². The lowest BCUT2D eigenvalue weighted by atomic mass is 9.74. The molecular weight excluding hydrogens is 511 g/mol. The maximum Gasteiger partial charge on any atom is 0.326 e. The summed E-state index contributed by atoms with van der Waals surface area (Å²) in [5, 5.41) is 15.4. The molecule has 0 spiro atoms. The van der Waals surface area contributed by atoms with Gasteiger partial charge in [0.1, 0.15) is 6.04 Å². The number of halogens is 3. The first-order valence-corrected chi connectivity index (χ1v) is 10.6. The number of aliphatic carboxylic acids is 1. The molecule has 1 aliphatic carbocycles. The van der Waals surface area contributed by atoms with Gasteiger partial charge in [-0.15, -0.1) is 0 Å². The lowest BCUT2D eigenvalue weighted by Gasteiger charge is -2.38. The molecule has 1 aliphatic rings. The summed E-state index contributed by atoms with van der Waals surface area (Å²) in [4.78, 5) is 44.1. The highest BCUT2D eigenvalue weighted by atomic mass is 79.9. The van der Waals surface area contributed by atoms with Crippen LogP contribution in [-0.2, 0) is 16.0 Å². The van der Waals surface area contributed by atoms with Crippen molar-refractivity contribution in [2.75, 3.05) is 5.32 Å². The predicted octanol–water partition coefficient (Wildman–Crippen LogP) is 3.84. The Bertz CT molecular complexity index is 1080. The second-order valence-corrected chi connectivity index (χ2v) is 8.96. The molecule has 3 N–H and O–H groups in total. The maximum absolute atomic E-state index is 12.4. The average Bonchev–Trinajstić information content (AvgIpc) is 2.71. The van der Waals surface area contributed by atoms with Gasteiger partial charge in [-0.2, -0.15) is 0 Å². The van der Waals surface area contributed by atoms with E-state index in [1.165, 1.54) is 18.6 Å². The van der Waals surface area contributed by atoms with E-state index < -0.39 is 23.3 Å². The topological polar surface area (TPSA) is 121 Å². The van der Waals surface area contributed by atoms with Gasteiger partial charge in [0, 0.05) is 30.2 Å². The maximum atomic E-state index is 12.4. The lowest BCUT2D eigenvalue weighted by molar-refractivity contribution is -0.139. The predicted molar refractivity (Wildman–Crippen MR) is 119 cm³/mol. The van der Waals surface area contributed by atoms with Crippen LogP contribution in [0.25, 0.3) is 0 Å². The zero-order chi connectivity index (χ0) is 22.9. The van der Waals surface area contributed by atoms with E-state index in [4.69, 9.17) is 23.2 Å². The summed E-state index contributed by atoms with van der Waals surface area (Å²) >= 11 is 15.2. The van der Waals surface area contributed by atoms with Crippen molar-refractivity contribution in [1.29, 1.82) is 0 Å². The first-order chi connectivity index (χ1) is 14.5. The number of amides is 1. The molecule has 11 heteroatoms. The van der Waals surface area contributed by atoms with Gasteiger partial charge < -0.3 is 15.7 Å². The third-order valence-electron chi connectivity index (χ3n) is 4.80. The first-order valence-electron chi connectivity index (χ1n) is 9.02. The van der Waals surface area contributed by atoms with Crippen molar-refractivity contribution in [2.24, 2.45) is 5.41 Å². The van der Waals surface area contributed by atoms with E-state index >= 15 is 0 Å². The van der Waals surface area contributed by atoms with Crippen molar-refractivity contribution in [3.8, 4) is 0 Å². The van der Waals surface area contributed by atoms with Gasteiger partial charge in [0.2, 0.25) is 0 Å². The van der Waals surface area contributed by atoms with E-state index in [0.29, 0.717) is 21.6 Å². The minimum atomic E-state index is -1.08. The smallest absolute Gasteiger partial charge is 0.326 e. The van der Waals surface area contributed by atoms with E-state index in [-0.39, 0.29) is 27.8 Å². The summed E-state index contributed by atoms with van der Waals surface area (Å²) in [5.74, 6) is -1.69. The molecular formula is C20H17BrCl2N4O4. The Kier molecular flexibility index (Phi) is 6.68. The Morgan fingerprint density at radius 2 is 1.84 bits per heavy atom. The van der Waals surface area contributed by atoms with Crippen molar-refractivity contribution in [2.45, 2.75) is 26.3 Å². The molecule has 0 radical (unpaired) electrons. The largest absolute Gasteiger partial charge is 0.480 e. The number of anilines is 1. The number of allylic oxidation sites excluding steroid dienone is 2. The number of aromatic nitrogens is 2. The SMILES string of the molecule is CC1(C)C(=O)C(Br)=C1N[C@@H](Cc1ccc(NC(=O)c2c(Cl)cncc2Cl)cn1)C(=O)O. The van der Waals surface area contributed by atoms with Gasteiger partial charge >= 0.3 is 5.97 Å². The summed E-state index contributed by atoms with van der Waals surface area (Å²) in [6.45, 7) is 3.44. The van der Waals surface area contributed by atoms with Gasteiger partial charge in [-0.25, -0.2) is 4.79 Å². The van der Waals surface area contributed by atoms with Gasteiger partial charge in [-0.3, -0.25) is 19.6 Å². The highest BCUT2D eigenvalue weighted by molar-refractivity contribution is 9.12. The minimum Gasteiger partial charge on any atom is -0.480 e. The molecule has 0 aromatic carbocycles. The number of pyridine rings is 2. The molecule has 0 aliphatic heterocycles. The fourth-order valence-electron chi connectivity index (χ4n) is 2.98. The van der Waals surface area contributed by atoms with Gasteiger partial charge in [0.25, 0.3) is 5.91 Å². The van der Waals surface area contributed by atoms with Crippen LogP contribution in [0.3, 0.4) is 0 Å². The fourth-order valence-corrected chi connectivity index (χ4v) is 4.62. The van der Waals surface area contributed by atoms with Crippen LogP contribution in [0.1, 0.15) is 29.9 Å². The van der Waals surface area contributed by atoms with Crippen molar-refractivity contribution in [1.82, 2.24) is 15.3 Å². The molecule has 2 aromatic rings. The summed E-state index contributed by atoms with van der Waals surface area (Å²) in [7, 11) is 0. The lowest BCUT2D eigenvalue weighted by Crippen LogP contribution is -2.50. The van der Waals surface area contributed by atoms with Crippen LogP contribution in [-0.4, -0.2) is 38.8 Å². The Hall–Kier alpha value is -2.49. The summed E-state index contributed by atoms with van der Waals surface area (Å²) in [6.07, 6.45) is 4.10. The summed E-state index contributed by atoms with van der Waals surface area (Å²) in [6, 6.07) is 2.20. The summed E-state index contributed by atoms with van der Waals surface area (Å²) in [5.41, 5.74) is 0.726. The van der Waals surface area contributed by atoms with Crippen LogP contribution in [0, 0.1) is 5.41 Å². The van der Waals surface area contributed by atoms with Crippen molar-refractivity contribution in [3.05, 3.63) is 62.2 Å². The molecule has 0 bridgehead atoms. The Labute approximate surface area is 196 Å². The number of hydrogen-bond donors (Lipinski definition) is 3. The van der Waals surface area contributed by atoms with Crippen LogP contribution in [0.15, 0.2) is 40.9 Å². The van der Waals surface area contributed by atoms with E-state index in [9.17, 15) is 19.5 Å². The number of Topliss-reactive ketones (excluding diaryl/α,β-unsaturated/α-hetero) is 1. The minimum absolute atomic E-state index is 0.0691. The number of hydrogen-bond acceptors (Lipinski definition) is 6. The Morgan fingerprint density at radius 1 is 1.19 bits per heavy atom. The fraction of sp³-hybridized carbons (Fsp3) is 0.250. The monoisotopic (exact) mass is 526 g/mol. The number of ketones is 1. The van der Waals surface area contributed by atoms with Crippen LogP contribution in [0.2, 0.25) is 10.0 Å². The van der Waals surface area contributed by atoms with Gasteiger partial charge in [-0.1, -0.05) is 23.2 Å². The van der Waals surface area contributed by atoms with Gasteiger partial charge in [0.15, 0.2) is 5.78 Å². The zero-order valence-corrected chi connectivity index (χ0v) is 19.5. The molecule has 1 atom stereocenters. The third kappa shape index (κ3) is 4.73. The Morgan fingerprint density at radius 3 is 2.35 bits per heavy atom. The van der Waals surface area contributed by atoms with E-state index in [0.717, 1.165) is 0 Å². The quantitative estimate of drug-likeness (QED) is 0.500. The molecule has 0 unspecified atom stereocenters. The standard InChI is InChI=1S/C20H17BrCl2N4O4/c1-20(2)16(15(21)17(20)28)27-13(19(30)31)5-9-3-4-10(6-25-9)26-18(29)14-11(22)7-24-8-12(14)23/h3-4,6-8,13,27H,5H2,1-2H3,(H,26,29)(H,30,31)/t13-/m0/s1. The third-order valence-corrected chi connectivity index (χ3v) is 6.13. The number of carboxylic acids is 1. The number of carboxylic acid groups (broad SMARTS) is 1. The zero-order valence-electron chi connectivity index (χ0n) is 16.4. The molecule has 0 fully saturated rings. The first kappa shape index (κ1) is 23.2. The van der Waals surface area contributed by atoms with E-state index in [1.54, 1.807) is 26.0 Å². The second kappa shape index (κ2) is 8.94. The number of carbonyl (C=O) groups is 3. The molecule has 162 valence electrons. The van der Waals surface area contributed by atoms with Gasteiger partial charge in [0.05, 0.1) is 37.4 Å². The average molecular weight is 528 g/mol. The van der Waals surface area contributed by atoms with Crippen molar-refractivity contribution < 1.29 is 19.5 Å². The molecule has 2 aromatic heterocycles. The molecule has 2 heterocycles. The van der Waals surface area contributed by atoms with Crippen molar-refractivity contribution >= 4 is 62.5 Å². The molecule has 0 saturated carbocycles. The second-order valence-electron chi connectivity index (χ2n) is 7.35. The number of nitrogens with zero attached hydrogens (tertiary/aromatic N) is 2. The number of nitrogens with one attached hydrogen (secondary N) is 2. The van der Waals surface area contributed by atoms with Crippen LogP contribution in [0.5, 0.6) is 0 Å². The molecule has 1 amide bonds. The van der Waals surface area contributed by atoms with Crippen LogP contribution >= 0.6 is 39.1 Å².